The average molecular weight is 344 g/mol. The molecule has 0 amide bonds. The zero-order chi connectivity index (χ0) is 14.8. The second-order valence-electron chi connectivity index (χ2n) is 4.96. The van der Waals surface area contributed by atoms with E-state index in [2.05, 4.69) is 15.3 Å². The Balaban J connectivity index is 1.88. The molecule has 2 aromatic rings. The predicted molar refractivity (Wildman–Crippen MR) is 85.9 cm³/mol. The molecule has 112 valence electrons. The first kappa shape index (κ1) is 15.2. The van der Waals surface area contributed by atoms with E-state index in [4.69, 9.17) is 27.9 Å². The van der Waals surface area contributed by atoms with Gasteiger partial charge in [-0.05, 0) is 18.9 Å². The van der Waals surface area contributed by atoms with E-state index in [1.165, 1.54) is 17.7 Å². The Labute approximate surface area is 137 Å². The van der Waals surface area contributed by atoms with Crippen LogP contribution < -0.4 is 5.32 Å². The highest BCUT2D eigenvalue weighted by Crippen LogP contribution is 2.33. The third kappa shape index (κ3) is 3.73. The number of hydrogen-bond donors (Lipinski definition) is 1. The van der Waals surface area contributed by atoms with Gasteiger partial charge in [0.1, 0.15) is 10.7 Å². The third-order valence-electron chi connectivity index (χ3n) is 3.20. The maximum absolute atomic E-state index is 6.21. The van der Waals surface area contributed by atoms with Crippen molar-refractivity contribution in [3.05, 3.63) is 32.9 Å². The molecule has 1 aliphatic rings. The molecule has 0 aliphatic heterocycles. The summed E-state index contributed by atoms with van der Waals surface area (Å²) in [7, 11) is 1.67. The largest absolute Gasteiger partial charge is 0.378 e. The minimum absolute atomic E-state index is 0.489. The molecule has 0 spiro atoms. The van der Waals surface area contributed by atoms with Gasteiger partial charge in [0.15, 0.2) is 0 Å². The monoisotopic (exact) mass is 343 g/mol. The van der Waals surface area contributed by atoms with Crippen LogP contribution in [0.15, 0.2) is 12.3 Å². The van der Waals surface area contributed by atoms with Crippen molar-refractivity contribution in [3.8, 4) is 10.7 Å². The summed E-state index contributed by atoms with van der Waals surface area (Å²) in [5.41, 5.74) is 1.61. The van der Waals surface area contributed by atoms with E-state index in [0.717, 1.165) is 17.2 Å². The highest BCUT2D eigenvalue weighted by atomic mass is 35.5. The SMILES string of the molecule is COCc1nc(-c2ncc(Cl)cc2Cl)sc1CNC1CC1. The maximum atomic E-state index is 6.21. The second kappa shape index (κ2) is 6.58. The zero-order valence-corrected chi connectivity index (χ0v) is 13.9. The molecule has 7 heteroatoms. The summed E-state index contributed by atoms with van der Waals surface area (Å²) in [5, 5.41) is 5.34. The van der Waals surface area contributed by atoms with Crippen molar-refractivity contribution in [1.29, 1.82) is 0 Å². The van der Waals surface area contributed by atoms with Crippen LogP contribution in [0.3, 0.4) is 0 Å². The van der Waals surface area contributed by atoms with Gasteiger partial charge in [-0.15, -0.1) is 11.3 Å². The van der Waals surface area contributed by atoms with Crippen molar-refractivity contribution in [2.24, 2.45) is 0 Å². The summed E-state index contributed by atoms with van der Waals surface area (Å²) in [5.74, 6) is 0. The van der Waals surface area contributed by atoms with Gasteiger partial charge in [-0.2, -0.15) is 0 Å². The molecule has 1 N–H and O–H groups in total. The molecule has 0 atom stereocenters. The molecule has 0 bridgehead atoms. The minimum atomic E-state index is 0.489. The van der Waals surface area contributed by atoms with Crippen LogP contribution in [0, 0.1) is 0 Å². The fourth-order valence-electron chi connectivity index (χ4n) is 1.97. The first-order chi connectivity index (χ1) is 10.2. The van der Waals surface area contributed by atoms with Crippen molar-refractivity contribution >= 4 is 34.5 Å². The average Bonchev–Trinajstić information content (AvgIpc) is 3.19. The first-order valence-corrected chi connectivity index (χ1v) is 8.27. The minimum Gasteiger partial charge on any atom is -0.378 e. The number of halogens is 2. The first-order valence-electron chi connectivity index (χ1n) is 6.69. The number of nitrogens with zero attached hydrogens (tertiary/aromatic N) is 2. The molecule has 0 saturated heterocycles. The van der Waals surface area contributed by atoms with E-state index >= 15 is 0 Å². The Hall–Kier alpha value is -0.720. The van der Waals surface area contributed by atoms with Crippen molar-refractivity contribution < 1.29 is 4.74 Å². The van der Waals surface area contributed by atoms with E-state index in [1.807, 2.05) is 0 Å². The van der Waals surface area contributed by atoms with Gasteiger partial charge in [0.25, 0.3) is 0 Å². The van der Waals surface area contributed by atoms with Crippen molar-refractivity contribution in [1.82, 2.24) is 15.3 Å². The van der Waals surface area contributed by atoms with E-state index in [-0.39, 0.29) is 0 Å². The third-order valence-corrected chi connectivity index (χ3v) is 4.80. The molecule has 2 aromatic heterocycles. The lowest BCUT2D eigenvalue weighted by Crippen LogP contribution is -2.15. The van der Waals surface area contributed by atoms with Gasteiger partial charge in [-0.3, -0.25) is 4.98 Å². The second-order valence-corrected chi connectivity index (χ2v) is 6.89. The van der Waals surface area contributed by atoms with Crippen LogP contribution in [0.25, 0.3) is 10.7 Å². The Morgan fingerprint density at radius 2 is 2.24 bits per heavy atom. The Bertz CT molecular complexity index is 643. The van der Waals surface area contributed by atoms with Crippen LogP contribution in [0.2, 0.25) is 10.0 Å². The molecular weight excluding hydrogens is 329 g/mol. The van der Waals surface area contributed by atoms with Gasteiger partial charge in [0.05, 0.1) is 22.3 Å². The maximum Gasteiger partial charge on any atom is 0.144 e. The summed E-state index contributed by atoms with van der Waals surface area (Å²) in [6.45, 7) is 1.30. The molecule has 2 heterocycles. The molecule has 4 nitrogen and oxygen atoms in total. The number of nitrogens with one attached hydrogen (secondary N) is 1. The van der Waals surface area contributed by atoms with Crippen LogP contribution in [0.1, 0.15) is 23.4 Å². The van der Waals surface area contributed by atoms with Crippen LogP contribution >= 0.6 is 34.5 Å². The van der Waals surface area contributed by atoms with Gasteiger partial charge >= 0.3 is 0 Å². The molecule has 3 rings (SSSR count). The van der Waals surface area contributed by atoms with Gasteiger partial charge in [-0.1, -0.05) is 23.2 Å². The molecule has 0 radical (unpaired) electrons. The quantitative estimate of drug-likeness (QED) is 0.863. The summed E-state index contributed by atoms with van der Waals surface area (Å²) < 4.78 is 5.23. The molecular formula is C14H15Cl2N3OS. The summed E-state index contributed by atoms with van der Waals surface area (Å²) >= 11 is 13.7. The fourth-order valence-corrected chi connectivity index (χ4v) is 3.52. The number of aromatic nitrogens is 2. The highest BCUT2D eigenvalue weighted by Gasteiger charge is 2.22. The number of pyridine rings is 1. The topological polar surface area (TPSA) is 47.0 Å². The Kier molecular flexibility index (Phi) is 4.76. The molecule has 1 fully saturated rings. The fraction of sp³-hybridized carbons (Fsp3) is 0.429. The normalized spacial score (nSPS) is 14.6. The number of ether oxygens (including phenoxy) is 1. The lowest BCUT2D eigenvalue weighted by atomic mass is 10.3. The predicted octanol–water partition coefficient (Wildman–Crippen LogP) is 3.91. The molecule has 1 aliphatic carbocycles. The lowest BCUT2D eigenvalue weighted by molar-refractivity contribution is 0.181. The standard InChI is InChI=1S/C14H15Cl2N3OS/c1-20-7-11-12(6-17-9-2-3-9)21-14(19-11)13-10(16)4-8(15)5-18-13/h4-5,9,17H,2-3,6-7H2,1H3. The number of rotatable bonds is 6. The van der Waals surface area contributed by atoms with E-state index < -0.39 is 0 Å². The smallest absolute Gasteiger partial charge is 0.144 e. The van der Waals surface area contributed by atoms with Crippen LogP contribution in [0.4, 0.5) is 0 Å². The number of thiazole rings is 1. The van der Waals surface area contributed by atoms with Crippen molar-refractivity contribution in [3.63, 3.8) is 0 Å². The van der Waals surface area contributed by atoms with Gasteiger partial charge in [0, 0.05) is 30.8 Å². The Morgan fingerprint density at radius 1 is 1.43 bits per heavy atom. The van der Waals surface area contributed by atoms with E-state index in [9.17, 15) is 0 Å². The molecule has 0 unspecified atom stereocenters. The lowest BCUT2D eigenvalue weighted by Gasteiger charge is -2.02. The molecule has 0 aromatic carbocycles. The number of hydrogen-bond acceptors (Lipinski definition) is 5. The van der Waals surface area contributed by atoms with Gasteiger partial charge in [0.2, 0.25) is 0 Å². The van der Waals surface area contributed by atoms with Crippen LogP contribution in [-0.4, -0.2) is 23.1 Å². The van der Waals surface area contributed by atoms with Crippen molar-refractivity contribution in [2.45, 2.75) is 32.0 Å². The van der Waals surface area contributed by atoms with Gasteiger partial charge in [-0.25, -0.2) is 4.98 Å². The van der Waals surface area contributed by atoms with Gasteiger partial charge < -0.3 is 10.1 Å². The highest BCUT2D eigenvalue weighted by molar-refractivity contribution is 7.15. The Morgan fingerprint density at radius 3 is 2.90 bits per heavy atom. The number of methoxy groups -OCH3 is 1. The van der Waals surface area contributed by atoms with Crippen molar-refractivity contribution in [2.75, 3.05) is 7.11 Å². The van der Waals surface area contributed by atoms with E-state index in [0.29, 0.717) is 28.4 Å². The summed E-state index contributed by atoms with van der Waals surface area (Å²) in [4.78, 5) is 10.1. The van der Waals surface area contributed by atoms with E-state index in [1.54, 1.807) is 30.7 Å². The van der Waals surface area contributed by atoms with Crippen LogP contribution in [0.5, 0.6) is 0 Å². The molecule has 21 heavy (non-hydrogen) atoms. The molecule has 1 saturated carbocycles. The zero-order valence-electron chi connectivity index (χ0n) is 11.5. The van der Waals surface area contributed by atoms with Crippen LogP contribution in [-0.2, 0) is 17.9 Å². The summed E-state index contributed by atoms with van der Waals surface area (Å²) in [6, 6.07) is 2.34. The summed E-state index contributed by atoms with van der Waals surface area (Å²) in [6.07, 6.45) is 4.11.